The molecule has 0 fully saturated rings. The number of carbonyl (C=O) groups excluding carboxylic acids is 2. The Kier molecular flexibility index (Phi) is 6.52. The van der Waals surface area contributed by atoms with Crippen molar-refractivity contribution in [2.24, 2.45) is 5.92 Å². The van der Waals surface area contributed by atoms with Crippen LogP contribution in [0.5, 0.6) is 0 Å². The van der Waals surface area contributed by atoms with Crippen molar-refractivity contribution in [3.05, 3.63) is 29.3 Å². The lowest BCUT2D eigenvalue weighted by Gasteiger charge is -2.20. The number of nitrogens with zero attached hydrogens (tertiary/aromatic N) is 1. The van der Waals surface area contributed by atoms with Crippen LogP contribution in [0.25, 0.3) is 0 Å². The summed E-state index contributed by atoms with van der Waals surface area (Å²) in [6.45, 7) is 6.29. The van der Waals surface area contributed by atoms with Crippen molar-refractivity contribution in [2.75, 3.05) is 18.0 Å². The third kappa shape index (κ3) is 5.61. The van der Waals surface area contributed by atoms with Gasteiger partial charge in [0.25, 0.3) is 0 Å². The first-order chi connectivity index (χ1) is 9.40. The fourth-order valence-corrected chi connectivity index (χ4v) is 1.83. The Morgan fingerprint density at radius 3 is 2.35 bits per heavy atom. The Morgan fingerprint density at radius 2 is 1.85 bits per heavy atom. The molecular formula is C15H21ClN2O2. The van der Waals surface area contributed by atoms with E-state index in [9.17, 15) is 9.59 Å². The van der Waals surface area contributed by atoms with Crippen LogP contribution in [0.2, 0.25) is 5.02 Å². The second kappa shape index (κ2) is 7.90. The van der Waals surface area contributed by atoms with Crippen LogP contribution in [-0.2, 0) is 9.59 Å². The van der Waals surface area contributed by atoms with Gasteiger partial charge in [0.15, 0.2) is 0 Å². The van der Waals surface area contributed by atoms with Crippen LogP contribution in [-0.4, -0.2) is 24.9 Å². The second-order valence-electron chi connectivity index (χ2n) is 5.11. The highest BCUT2D eigenvalue weighted by molar-refractivity contribution is 6.30. The van der Waals surface area contributed by atoms with Crippen LogP contribution in [0.1, 0.15) is 27.2 Å². The van der Waals surface area contributed by atoms with Crippen LogP contribution in [0, 0.1) is 5.92 Å². The largest absolute Gasteiger partial charge is 0.355 e. The maximum absolute atomic E-state index is 11.8. The molecule has 1 rings (SSSR count). The zero-order valence-electron chi connectivity index (χ0n) is 12.1. The summed E-state index contributed by atoms with van der Waals surface area (Å²) in [5, 5.41) is 3.42. The molecule has 0 aromatic heterocycles. The van der Waals surface area contributed by atoms with Crippen LogP contribution >= 0.6 is 11.6 Å². The van der Waals surface area contributed by atoms with Gasteiger partial charge in [0.1, 0.15) is 6.54 Å². The van der Waals surface area contributed by atoms with Gasteiger partial charge >= 0.3 is 0 Å². The fourth-order valence-electron chi connectivity index (χ4n) is 1.71. The Labute approximate surface area is 125 Å². The average molecular weight is 297 g/mol. The SMILES string of the molecule is CC(=O)N(CC(=O)NCCC(C)C)c1ccc(Cl)cc1. The first-order valence-electron chi connectivity index (χ1n) is 6.70. The topological polar surface area (TPSA) is 49.4 Å². The minimum Gasteiger partial charge on any atom is -0.355 e. The maximum Gasteiger partial charge on any atom is 0.240 e. The molecule has 4 nitrogen and oxygen atoms in total. The Balaban J connectivity index is 2.61. The molecule has 0 atom stereocenters. The van der Waals surface area contributed by atoms with Gasteiger partial charge in [-0.05, 0) is 36.6 Å². The molecule has 0 bridgehead atoms. The molecule has 1 aromatic carbocycles. The number of amides is 2. The standard InChI is InChI=1S/C15H21ClN2O2/c1-11(2)8-9-17-15(20)10-18(12(3)19)14-6-4-13(16)5-7-14/h4-7,11H,8-10H2,1-3H3,(H,17,20). The molecular weight excluding hydrogens is 276 g/mol. The molecule has 5 heteroatoms. The molecule has 0 unspecified atom stereocenters. The van der Waals surface area contributed by atoms with Crippen LogP contribution in [0.15, 0.2) is 24.3 Å². The van der Waals surface area contributed by atoms with E-state index < -0.39 is 0 Å². The number of halogens is 1. The van der Waals surface area contributed by atoms with Gasteiger partial charge < -0.3 is 10.2 Å². The van der Waals surface area contributed by atoms with E-state index in [1.165, 1.54) is 11.8 Å². The summed E-state index contributed by atoms with van der Waals surface area (Å²) in [6, 6.07) is 6.85. The van der Waals surface area contributed by atoms with Gasteiger partial charge in [-0.15, -0.1) is 0 Å². The summed E-state index contributed by atoms with van der Waals surface area (Å²) in [6.07, 6.45) is 0.923. The number of hydrogen-bond donors (Lipinski definition) is 1. The normalized spacial score (nSPS) is 10.4. The van der Waals surface area contributed by atoms with Crippen LogP contribution in [0.3, 0.4) is 0 Å². The molecule has 1 N–H and O–H groups in total. The molecule has 2 amide bonds. The maximum atomic E-state index is 11.8. The fraction of sp³-hybridized carbons (Fsp3) is 0.467. The lowest BCUT2D eigenvalue weighted by Crippen LogP contribution is -2.40. The minimum atomic E-state index is -0.175. The summed E-state index contributed by atoms with van der Waals surface area (Å²) in [5.74, 6) is 0.206. The zero-order valence-corrected chi connectivity index (χ0v) is 12.9. The van der Waals surface area contributed by atoms with Crippen molar-refractivity contribution in [3.63, 3.8) is 0 Å². The summed E-state index contributed by atoms with van der Waals surface area (Å²) >= 11 is 5.82. The highest BCUT2D eigenvalue weighted by atomic mass is 35.5. The Bertz CT molecular complexity index is 457. The lowest BCUT2D eigenvalue weighted by atomic mass is 10.1. The van der Waals surface area contributed by atoms with Crippen molar-refractivity contribution in [3.8, 4) is 0 Å². The molecule has 20 heavy (non-hydrogen) atoms. The number of benzene rings is 1. The van der Waals surface area contributed by atoms with Gasteiger partial charge in [0.05, 0.1) is 0 Å². The highest BCUT2D eigenvalue weighted by Crippen LogP contribution is 2.17. The second-order valence-corrected chi connectivity index (χ2v) is 5.55. The minimum absolute atomic E-state index is 0.0229. The summed E-state index contributed by atoms with van der Waals surface area (Å²) in [5.41, 5.74) is 0.668. The summed E-state index contributed by atoms with van der Waals surface area (Å²) in [4.78, 5) is 24.9. The monoisotopic (exact) mass is 296 g/mol. The average Bonchev–Trinajstić information content (AvgIpc) is 2.36. The van der Waals surface area contributed by atoms with Gasteiger partial charge in [0, 0.05) is 24.2 Å². The quantitative estimate of drug-likeness (QED) is 0.877. The van der Waals surface area contributed by atoms with E-state index in [1.54, 1.807) is 24.3 Å². The predicted octanol–water partition coefficient (Wildman–Crippen LogP) is 2.86. The predicted molar refractivity (Wildman–Crippen MR) is 81.9 cm³/mol. The van der Waals surface area contributed by atoms with Crippen molar-refractivity contribution in [1.29, 1.82) is 0 Å². The van der Waals surface area contributed by atoms with E-state index in [2.05, 4.69) is 19.2 Å². The Morgan fingerprint density at radius 1 is 1.25 bits per heavy atom. The van der Waals surface area contributed by atoms with Gasteiger partial charge in [0.2, 0.25) is 11.8 Å². The molecule has 1 aromatic rings. The van der Waals surface area contributed by atoms with E-state index in [1.807, 2.05) is 0 Å². The first-order valence-corrected chi connectivity index (χ1v) is 7.08. The number of anilines is 1. The third-order valence-electron chi connectivity index (χ3n) is 2.86. The van der Waals surface area contributed by atoms with Crippen molar-refractivity contribution >= 4 is 29.1 Å². The van der Waals surface area contributed by atoms with E-state index >= 15 is 0 Å². The van der Waals surface area contributed by atoms with E-state index in [4.69, 9.17) is 11.6 Å². The van der Waals surface area contributed by atoms with Gasteiger partial charge in [-0.25, -0.2) is 0 Å². The first kappa shape index (κ1) is 16.5. The van der Waals surface area contributed by atoms with Gasteiger partial charge in [-0.3, -0.25) is 9.59 Å². The number of rotatable bonds is 6. The number of nitrogens with one attached hydrogen (secondary N) is 1. The van der Waals surface area contributed by atoms with E-state index in [-0.39, 0.29) is 18.4 Å². The number of hydrogen-bond acceptors (Lipinski definition) is 2. The molecule has 0 saturated carbocycles. The Hall–Kier alpha value is -1.55. The van der Waals surface area contributed by atoms with Crippen LogP contribution < -0.4 is 10.2 Å². The molecule has 0 spiro atoms. The molecule has 0 radical (unpaired) electrons. The molecule has 0 aliphatic heterocycles. The summed E-state index contributed by atoms with van der Waals surface area (Å²) < 4.78 is 0. The van der Waals surface area contributed by atoms with Crippen LogP contribution in [0.4, 0.5) is 5.69 Å². The van der Waals surface area contributed by atoms with Crippen molar-refractivity contribution in [2.45, 2.75) is 27.2 Å². The highest BCUT2D eigenvalue weighted by Gasteiger charge is 2.15. The van der Waals surface area contributed by atoms with Crippen molar-refractivity contribution < 1.29 is 9.59 Å². The number of carbonyl (C=O) groups is 2. The van der Waals surface area contributed by atoms with Crippen molar-refractivity contribution in [1.82, 2.24) is 5.32 Å². The lowest BCUT2D eigenvalue weighted by molar-refractivity contribution is -0.123. The third-order valence-corrected chi connectivity index (χ3v) is 3.12. The summed E-state index contributed by atoms with van der Waals surface area (Å²) in [7, 11) is 0. The molecule has 110 valence electrons. The van der Waals surface area contributed by atoms with Gasteiger partial charge in [-0.1, -0.05) is 25.4 Å². The molecule has 0 aliphatic carbocycles. The van der Waals surface area contributed by atoms with Gasteiger partial charge in [-0.2, -0.15) is 0 Å². The van der Waals surface area contributed by atoms with E-state index in [0.717, 1.165) is 6.42 Å². The smallest absolute Gasteiger partial charge is 0.240 e. The molecule has 0 heterocycles. The molecule has 0 aliphatic rings. The van der Waals surface area contributed by atoms with E-state index in [0.29, 0.717) is 23.2 Å². The molecule has 0 saturated heterocycles. The zero-order chi connectivity index (χ0) is 15.1.